The molecule has 0 bridgehead atoms. The topological polar surface area (TPSA) is 153 Å². The summed E-state index contributed by atoms with van der Waals surface area (Å²) >= 11 is 7.05. The number of ether oxygens (including phenoxy) is 2. The van der Waals surface area contributed by atoms with Crippen molar-refractivity contribution in [3.05, 3.63) is 129 Å². The van der Waals surface area contributed by atoms with E-state index in [4.69, 9.17) is 14.9 Å². The third-order valence-electron chi connectivity index (χ3n) is 9.11. The number of hydrogen-bond donors (Lipinski definition) is 0. The van der Waals surface area contributed by atoms with E-state index >= 15 is 0 Å². The van der Waals surface area contributed by atoms with E-state index in [-0.39, 0.29) is 30.9 Å². The number of nitrogens with zero attached hydrogens (tertiary/aromatic N) is 7. The van der Waals surface area contributed by atoms with Gasteiger partial charge in [0, 0.05) is 52.1 Å². The maximum atomic E-state index is 12.7. The molecular formula is C47H40F3N7O4RuS3. The number of carbonyl (C=O) groups excluding carboxylic acids is 2. The van der Waals surface area contributed by atoms with Crippen molar-refractivity contribution in [3.8, 4) is 67.9 Å². The van der Waals surface area contributed by atoms with Crippen LogP contribution in [0.4, 0.5) is 13.2 Å². The number of thiophene rings is 2. The molecule has 0 unspecified atom stereocenters. The number of aryl methyl sites for hydroxylation is 2. The van der Waals surface area contributed by atoms with E-state index in [0.717, 1.165) is 46.2 Å². The first-order valence-corrected chi connectivity index (χ1v) is 22.1. The molecule has 7 heterocycles. The number of thiocarbonyl (C=S) groups is 1. The maximum Gasteiger partial charge on any atom is 2.00 e. The van der Waals surface area contributed by atoms with Crippen molar-refractivity contribution in [3.63, 3.8) is 0 Å². The summed E-state index contributed by atoms with van der Waals surface area (Å²) in [4.78, 5) is 42.7. The molecule has 0 atom stereocenters. The maximum absolute atomic E-state index is 12.7. The average Bonchev–Trinajstić information content (AvgIpc) is 4.10. The molecule has 18 heteroatoms. The monoisotopic (exact) mass is 1020 g/mol. The third kappa shape index (κ3) is 15.8. The molecule has 7 aromatic heterocycles. The van der Waals surface area contributed by atoms with E-state index in [0.29, 0.717) is 47.2 Å². The summed E-state index contributed by atoms with van der Waals surface area (Å²) in [6.07, 6.45) is 9.46. The van der Waals surface area contributed by atoms with Crippen LogP contribution in [-0.2, 0) is 48.1 Å². The fraction of sp³-hybridized carbons (Fsp3) is 0.234. The van der Waals surface area contributed by atoms with Gasteiger partial charge in [-0.1, -0.05) is 69.3 Å². The quantitative estimate of drug-likeness (QED) is 0.0227. The zero-order valence-corrected chi connectivity index (χ0v) is 39.2. The van der Waals surface area contributed by atoms with Gasteiger partial charge in [0.25, 0.3) is 12.9 Å². The van der Waals surface area contributed by atoms with Crippen LogP contribution in [0.5, 0.6) is 11.5 Å². The molecule has 0 aromatic carbocycles. The second-order valence-electron chi connectivity index (χ2n) is 13.6. The summed E-state index contributed by atoms with van der Waals surface area (Å²) in [5, 5.41) is 17.4. The molecule has 0 N–H and O–H groups in total. The molecule has 0 saturated heterocycles. The molecule has 334 valence electrons. The molecule has 7 rings (SSSR count). The SMILES string of the molecule is CCCCCCc1ccsc1-c1ccnc(-c2cc(C(F)(F)F)n[n-]2)c1.CCCCc1ccc(C#Cc2ccnc(-c3cc(OC=O)cc(-c4cc(OC=O)ccn4)n3)c2)s1.[N-]=C=S.[Ru+2]. The zero-order chi connectivity index (χ0) is 45.7. The van der Waals surface area contributed by atoms with Gasteiger partial charge < -0.3 is 25.1 Å². The number of carbonyl (C=O) groups is 2. The van der Waals surface area contributed by atoms with Gasteiger partial charge in [-0.2, -0.15) is 18.3 Å². The summed E-state index contributed by atoms with van der Waals surface area (Å²) < 4.78 is 48.2. The number of pyridine rings is 4. The van der Waals surface area contributed by atoms with E-state index in [1.807, 2.05) is 24.3 Å². The molecule has 0 aliphatic carbocycles. The fourth-order valence-corrected chi connectivity index (χ4v) is 7.94. The van der Waals surface area contributed by atoms with Crippen LogP contribution >= 0.6 is 34.9 Å². The predicted octanol–water partition coefficient (Wildman–Crippen LogP) is 11.7. The first-order chi connectivity index (χ1) is 31.1. The van der Waals surface area contributed by atoms with Gasteiger partial charge in [-0.15, -0.1) is 22.7 Å². The summed E-state index contributed by atoms with van der Waals surface area (Å²) in [6, 6.07) is 20.9. The molecule has 11 nitrogen and oxygen atoms in total. The van der Waals surface area contributed by atoms with Crippen molar-refractivity contribution in [2.24, 2.45) is 0 Å². The molecular weight excluding hydrogens is 981 g/mol. The van der Waals surface area contributed by atoms with Crippen molar-refractivity contribution in [1.29, 1.82) is 0 Å². The largest absolute Gasteiger partial charge is 2.00 e. The van der Waals surface area contributed by atoms with Crippen LogP contribution < -0.4 is 14.6 Å². The van der Waals surface area contributed by atoms with Gasteiger partial charge in [0.1, 0.15) is 17.2 Å². The minimum Gasteiger partial charge on any atom is -0.753 e. The van der Waals surface area contributed by atoms with Gasteiger partial charge in [-0.25, -0.2) is 4.98 Å². The van der Waals surface area contributed by atoms with Crippen molar-refractivity contribution in [2.45, 2.75) is 71.4 Å². The Balaban J connectivity index is 0.000000274. The molecule has 65 heavy (non-hydrogen) atoms. The van der Waals surface area contributed by atoms with Crippen LogP contribution in [0.3, 0.4) is 0 Å². The Hall–Kier alpha value is -6.08. The number of hydrogen-bond acceptors (Lipinski definition) is 12. The molecule has 7 aromatic rings. The Kier molecular flexibility index (Phi) is 21.1. The molecule has 0 spiro atoms. The van der Waals surface area contributed by atoms with Crippen LogP contribution in [-0.4, -0.2) is 43.1 Å². The van der Waals surface area contributed by atoms with Crippen LogP contribution in [0, 0.1) is 11.8 Å². The minimum atomic E-state index is -4.50. The Morgan fingerprint density at radius 3 is 2.11 bits per heavy atom. The van der Waals surface area contributed by atoms with E-state index in [1.165, 1.54) is 53.9 Å². The Labute approximate surface area is 400 Å². The summed E-state index contributed by atoms with van der Waals surface area (Å²) in [7, 11) is 0. The second kappa shape index (κ2) is 26.6. The Morgan fingerprint density at radius 1 is 0.754 bits per heavy atom. The van der Waals surface area contributed by atoms with Crippen molar-refractivity contribution in [2.75, 3.05) is 0 Å². The number of aromatic nitrogens is 6. The fourth-order valence-electron chi connectivity index (χ4n) is 6.08. The Bertz CT molecular complexity index is 2720. The van der Waals surface area contributed by atoms with E-state index in [9.17, 15) is 22.8 Å². The third-order valence-corrected chi connectivity index (χ3v) is 11.2. The van der Waals surface area contributed by atoms with Gasteiger partial charge in [0.2, 0.25) is 0 Å². The van der Waals surface area contributed by atoms with Crippen LogP contribution in [0.25, 0.3) is 50.0 Å². The Morgan fingerprint density at radius 2 is 1.42 bits per heavy atom. The number of alkyl halides is 3. The average molecular weight is 1020 g/mol. The van der Waals surface area contributed by atoms with E-state index in [2.05, 4.69) is 85.6 Å². The minimum absolute atomic E-state index is 0. The number of unbranched alkanes of at least 4 members (excludes halogenated alkanes) is 4. The smallest absolute Gasteiger partial charge is 0.753 e. The molecule has 0 aliphatic rings. The van der Waals surface area contributed by atoms with E-state index < -0.39 is 11.9 Å². The van der Waals surface area contributed by atoms with Crippen molar-refractivity contribution >= 4 is 53.0 Å². The normalized spacial score (nSPS) is 10.4. The molecule has 0 aliphatic heterocycles. The second-order valence-corrected chi connectivity index (χ2v) is 15.9. The van der Waals surface area contributed by atoms with Gasteiger partial charge in [-0.3, -0.25) is 24.5 Å². The van der Waals surface area contributed by atoms with E-state index in [1.54, 1.807) is 65.4 Å². The predicted molar refractivity (Wildman–Crippen MR) is 246 cm³/mol. The molecule has 0 saturated carbocycles. The van der Waals surface area contributed by atoms with Gasteiger partial charge in [0.05, 0.1) is 33.3 Å². The summed E-state index contributed by atoms with van der Waals surface area (Å²) in [5.74, 6) is 7.01. The van der Waals surface area contributed by atoms with Gasteiger partial charge in [0.15, 0.2) is 0 Å². The van der Waals surface area contributed by atoms with Gasteiger partial charge >= 0.3 is 25.7 Å². The first kappa shape index (κ1) is 51.6. The van der Waals surface area contributed by atoms with Crippen LogP contribution in [0.2, 0.25) is 0 Å². The number of halogens is 3. The van der Waals surface area contributed by atoms with Crippen molar-refractivity contribution < 1.29 is 51.7 Å². The number of isothiocyanates is 1. The molecule has 0 radical (unpaired) electrons. The standard InChI is InChI=1S/C27H21N3O4S.C19H19F3N3S.CNS.Ru/c1-2-3-4-22-7-8-23(35-22)6-5-19-9-11-28-24(13-19)26-15-21(34-18-32)16-27(30-26)25-14-20(33-17-31)10-12-29-25;1-2-3-4-5-6-13-8-10-26-18(13)14-7-9-23-15(11-14)16-12-17(25-24-16)19(20,21)22;2-1-3;/h7-18H,2-4H2,1H3;7-12H,2-6H2,1H3;;/q;2*-1;+2. The van der Waals surface area contributed by atoms with Gasteiger partial charge in [-0.05, 0) is 96.8 Å². The summed E-state index contributed by atoms with van der Waals surface area (Å²) in [5.41, 5.74) is 4.45. The molecule has 0 fully saturated rings. The van der Waals surface area contributed by atoms with Crippen molar-refractivity contribution in [1.82, 2.24) is 30.1 Å². The first-order valence-electron chi connectivity index (χ1n) is 20.0. The molecule has 0 amide bonds. The zero-order valence-electron chi connectivity index (χ0n) is 35.0. The summed E-state index contributed by atoms with van der Waals surface area (Å²) in [6.45, 7) is 5.05. The van der Waals surface area contributed by atoms with Crippen LogP contribution in [0.15, 0.2) is 96.8 Å². The van der Waals surface area contributed by atoms with Crippen LogP contribution in [0.1, 0.15) is 78.9 Å². The number of rotatable bonds is 16.